The minimum Gasteiger partial charge on any atom is -0.462 e. The third-order valence-corrected chi connectivity index (χ3v) is 3.18. The maximum absolute atomic E-state index is 11.7. The molecule has 0 saturated carbocycles. The van der Waals surface area contributed by atoms with E-state index >= 15 is 0 Å². The largest absolute Gasteiger partial charge is 0.462 e. The lowest BCUT2D eigenvalue weighted by atomic mass is 10.1. The predicted octanol–water partition coefficient (Wildman–Crippen LogP) is -0.0127. The number of hydrogen-bond donors (Lipinski definition) is 3. The van der Waals surface area contributed by atoms with Crippen LogP contribution in [0.1, 0.15) is 17.3 Å². The Balaban J connectivity index is 2.28. The summed E-state index contributed by atoms with van der Waals surface area (Å²) < 4.78 is 4.93. The van der Waals surface area contributed by atoms with Gasteiger partial charge in [-0.25, -0.2) is 4.79 Å². The Morgan fingerprint density at radius 2 is 2.05 bits per heavy atom. The summed E-state index contributed by atoms with van der Waals surface area (Å²) in [5.74, 6) is -0.470. The summed E-state index contributed by atoms with van der Waals surface area (Å²) in [6, 6.07) is 5.05. The van der Waals surface area contributed by atoms with Crippen molar-refractivity contribution in [2.45, 2.75) is 19.1 Å². The molecule has 19 heavy (non-hydrogen) atoms. The highest BCUT2D eigenvalue weighted by Gasteiger charge is 2.31. The molecule has 4 N–H and O–H groups in total. The van der Waals surface area contributed by atoms with Gasteiger partial charge in [-0.2, -0.15) is 0 Å². The molecule has 0 radical (unpaired) electrons. The Kier molecular flexibility index (Phi) is 3.92. The molecule has 0 aliphatic carbocycles. The van der Waals surface area contributed by atoms with Gasteiger partial charge in [0, 0.05) is 13.1 Å². The lowest BCUT2D eigenvalue weighted by Gasteiger charge is -2.21. The van der Waals surface area contributed by atoms with Crippen LogP contribution in [0.5, 0.6) is 0 Å². The summed E-state index contributed by atoms with van der Waals surface area (Å²) in [4.78, 5) is 13.5. The highest BCUT2D eigenvalue weighted by atomic mass is 16.5. The number of para-hydroxylation sites is 1. The van der Waals surface area contributed by atoms with Gasteiger partial charge in [0.15, 0.2) is 0 Å². The van der Waals surface area contributed by atoms with E-state index in [0.717, 1.165) is 0 Å². The van der Waals surface area contributed by atoms with Gasteiger partial charge in [0.1, 0.15) is 0 Å². The number of ether oxygens (including phenoxy) is 1. The molecule has 1 aromatic rings. The second kappa shape index (κ2) is 5.46. The van der Waals surface area contributed by atoms with Crippen LogP contribution in [0.25, 0.3) is 0 Å². The third kappa shape index (κ3) is 2.64. The molecule has 0 spiro atoms. The third-order valence-electron chi connectivity index (χ3n) is 3.18. The first-order chi connectivity index (χ1) is 9.04. The first-order valence-electron chi connectivity index (χ1n) is 6.21. The molecular formula is C13H18N2O4. The van der Waals surface area contributed by atoms with Gasteiger partial charge in [-0.15, -0.1) is 0 Å². The van der Waals surface area contributed by atoms with Crippen LogP contribution < -0.4 is 10.6 Å². The van der Waals surface area contributed by atoms with Gasteiger partial charge >= 0.3 is 5.97 Å². The van der Waals surface area contributed by atoms with E-state index in [-0.39, 0.29) is 19.7 Å². The van der Waals surface area contributed by atoms with Crippen molar-refractivity contribution < 1.29 is 19.7 Å². The van der Waals surface area contributed by atoms with Gasteiger partial charge < -0.3 is 25.6 Å². The molecule has 1 aromatic carbocycles. The van der Waals surface area contributed by atoms with E-state index < -0.39 is 18.2 Å². The Hall–Kier alpha value is -1.79. The van der Waals surface area contributed by atoms with Crippen LogP contribution >= 0.6 is 0 Å². The first-order valence-corrected chi connectivity index (χ1v) is 6.21. The average molecular weight is 266 g/mol. The fraction of sp³-hybridized carbons (Fsp3) is 0.462. The summed E-state index contributed by atoms with van der Waals surface area (Å²) in [6.45, 7) is 2.59. The normalized spacial score (nSPS) is 22.6. The minimum atomic E-state index is -0.800. The Morgan fingerprint density at radius 1 is 1.42 bits per heavy atom. The molecule has 104 valence electrons. The number of esters is 1. The number of aliphatic hydroxyl groups excluding tert-OH is 2. The van der Waals surface area contributed by atoms with E-state index in [4.69, 9.17) is 10.5 Å². The van der Waals surface area contributed by atoms with Gasteiger partial charge in [0.05, 0.1) is 35.8 Å². The van der Waals surface area contributed by atoms with Gasteiger partial charge in [-0.3, -0.25) is 0 Å². The second-order valence-corrected chi connectivity index (χ2v) is 4.50. The van der Waals surface area contributed by atoms with Gasteiger partial charge in [0.25, 0.3) is 0 Å². The van der Waals surface area contributed by atoms with Gasteiger partial charge in [-0.1, -0.05) is 6.07 Å². The molecule has 6 nitrogen and oxygen atoms in total. The number of carbonyl (C=O) groups is 1. The SMILES string of the molecule is CCOC(=O)c1cccc(N2CC(O)C(O)C2)c1N. The van der Waals surface area contributed by atoms with Crippen LogP contribution in [0.3, 0.4) is 0 Å². The standard InChI is InChI=1S/C13H18N2O4/c1-2-19-13(18)8-4-3-5-9(12(8)14)15-6-10(16)11(17)7-15/h3-5,10-11,16-17H,2,6-7,14H2,1H3. The molecule has 2 rings (SSSR count). The van der Waals surface area contributed by atoms with Gasteiger partial charge in [0.2, 0.25) is 0 Å². The van der Waals surface area contributed by atoms with Crippen LogP contribution in [0, 0.1) is 0 Å². The number of β-amino-alcohol motifs (C(OH)–C–C–N with tert-alkyl or cyclic N) is 2. The van der Waals surface area contributed by atoms with Crippen molar-refractivity contribution >= 4 is 17.3 Å². The van der Waals surface area contributed by atoms with Crippen molar-refractivity contribution in [3.8, 4) is 0 Å². The Labute approximate surface area is 111 Å². The molecule has 6 heteroatoms. The molecule has 0 aromatic heterocycles. The van der Waals surface area contributed by atoms with Crippen molar-refractivity contribution in [3.05, 3.63) is 23.8 Å². The van der Waals surface area contributed by atoms with Crippen LogP contribution in [0.15, 0.2) is 18.2 Å². The molecule has 0 amide bonds. The Bertz CT molecular complexity index is 468. The fourth-order valence-electron chi connectivity index (χ4n) is 2.18. The van der Waals surface area contributed by atoms with Crippen LogP contribution in [-0.2, 0) is 4.74 Å². The van der Waals surface area contributed by atoms with Crippen LogP contribution in [0.4, 0.5) is 11.4 Å². The minimum absolute atomic E-state index is 0.281. The van der Waals surface area contributed by atoms with Crippen molar-refractivity contribution in [2.75, 3.05) is 30.3 Å². The topological polar surface area (TPSA) is 96.0 Å². The number of carbonyl (C=O) groups excluding carboxylic acids is 1. The summed E-state index contributed by atoms with van der Waals surface area (Å²) in [6.07, 6.45) is -1.60. The van der Waals surface area contributed by atoms with Crippen molar-refractivity contribution in [2.24, 2.45) is 0 Å². The zero-order valence-electron chi connectivity index (χ0n) is 10.7. The zero-order valence-corrected chi connectivity index (χ0v) is 10.7. The Morgan fingerprint density at radius 3 is 2.63 bits per heavy atom. The molecule has 2 unspecified atom stereocenters. The summed E-state index contributed by atoms with van der Waals surface area (Å²) >= 11 is 0. The fourth-order valence-corrected chi connectivity index (χ4v) is 2.18. The maximum atomic E-state index is 11.7. The number of benzene rings is 1. The van der Waals surface area contributed by atoms with E-state index in [2.05, 4.69) is 0 Å². The second-order valence-electron chi connectivity index (χ2n) is 4.50. The molecule has 1 heterocycles. The summed E-state index contributed by atoms with van der Waals surface area (Å²) in [7, 11) is 0. The summed E-state index contributed by atoms with van der Waals surface area (Å²) in [5.41, 5.74) is 7.21. The van der Waals surface area contributed by atoms with Crippen molar-refractivity contribution in [1.82, 2.24) is 0 Å². The first kappa shape index (κ1) is 13.6. The summed E-state index contributed by atoms with van der Waals surface area (Å²) in [5, 5.41) is 19.1. The lowest BCUT2D eigenvalue weighted by Crippen LogP contribution is -2.23. The van der Waals surface area contributed by atoms with Crippen LogP contribution in [0.2, 0.25) is 0 Å². The number of nitrogen functional groups attached to an aromatic ring is 1. The molecule has 1 aliphatic heterocycles. The number of nitrogens with zero attached hydrogens (tertiary/aromatic N) is 1. The molecule has 1 saturated heterocycles. The molecule has 0 bridgehead atoms. The quantitative estimate of drug-likeness (QED) is 0.526. The van der Waals surface area contributed by atoms with Crippen LogP contribution in [-0.4, -0.2) is 48.1 Å². The van der Waals surface area contributed by atoms with E-state index in [9.17, 15) is 15.0 Å². The number of anilines is 2. The number of hydrogen-bond acceptors (Lipinski definition) is 6. The monoisotopic (exact) mass is 266 g/mol. The molecule has 1 fully saturated rings. The zero-order chi connectivity index (χ0) is 14.0. The highest BCUT2D eigenvalue weighted by molar-refractivity contribution is 5.98. The number of rotatable bonds is 3. The molecular weight excluding hydrogens is 248 g/mol. The molecule has 1 aliphatic rings. The smallest absolute Gasteiger partial charge is 0.340 e. The van der Waals surface area contributed by atoms with E-state index in [1.54, 1.807) is 30.0 Å². The predicted molar refractivity (Wildman–Crippen MR) is 71.0 cm³/mol. The average Bonchev–Trinajstić information content (AvgIpc) is 2.70. The van der Waals surface area contributed by atoms with E-state index in [0.29, 0.717) is 16.9 Å². The highest BCUT2D eigenvalue weighted by Crippen LogP contribution is 2.30. The lowest BCUT2D eigenvalue weighted by molar-refractivity contribution is 0.0527. The molecule has 2 atom stereocenters. The number of nitrogens with two attached hydrogens (primary N) is 1. The van der Waals surface area contributed by atoms with Gasteiger partial charge in [-0.05, 0) is 19.1 Å². The van der Waals surface area contributed by atoms with E-state index in [1.807, 2.05) is 0 Å². The van der Waals surface area contributed by atoms with Crippen molar-refractivity contribution in [3.63, 3.8) is 0 Å². The van der Waals surface area contributed by atoms with E-state index in [1.165, 1.54) is 0 Å². The number of aliphatic hydroxyl groups is 2. The maximum Gasteiger partial charge on any atom is 0.340 e. The van der Waals surface area contributed by atoms with Crippen molar-refractivity contribution in [1.29, 1.82) is 0 Å².